The van der Waals surface area contributed by atoms with Crippen LogP contribution in [-0.2, 0) is 4.79 Å². The van der Waals surface area contributed by atoms with Crippen molar-refractivity contribution in [2.75, 3.05) is 13.1 Å². The molecule has 0 fully saturated rings. The van der Waals surface area contributed by atoms with Crippen LogP contribution in [0.25, 0.3) is 0 Å². The highest BCUT2D eigenvalue weighted by molar-refractivity contribution is 5.75. The Bertz CT molecular complexity index is 209. The number of nitrogens with one attached hydrogen (secondary N) is 1. The summed E-state index contributed by atoms with van der Waals surface area (Å²) in [5.74, 6) is 0.790. The van der Waals surface area contributed by atoms with E-state index in [-0.39, 0.29) is 5.91 Å². The molecule has 1 unspecified atom stereocenters. The molecule has 0 saturated carbocycles. The van der Waals surface area contributed by atoms with Gasteiger partial charge >= 0.3 is 0 Å². The Morgan fingerprint density at radius 1 is 1.29 bits per heavy atom. The zero-order valence-corrected chi connectivity index (χ0v) is 12.0. The van der Waals surface area contributed by atoms with Crippen LogP contribution in [0, 0.1) is 11.3 Å². The first-order valence-corrected chi connectivity index (χ1v) is 6.85. The number of carbonyl (C=O) groups excluding carboxylic acids is 1. The van der Waals surface area contributed by atoms with Gasteiger partial charge in [0.15, 0.2) is 0 Å². The Morgan fingerprint density at radius 2 is 1.94 bits per heavy atom. The smallest absolute Gasteiger partial charge is 0.220 e. The van der Waals surface area contributed by atoms with Crippen molar-refractivity contribution in [3.63, 3.8) is 0 Å². The summed E-state index contributed by atoms with van der Waals surface area (Å²) in [6.45, 7) is 10.2. The van der Waals surface area contributed by atoms with Gasteiger partial charge in [-0.25, -0.2) is 0 Å². The number of carbonyl (C=O) groups is 1. The minimum atomic E-state index is 0.185. The molecule has 3 N–H and O–H groups in total. The van der Waals surface area contributed by atoms with Crippen LogP contribution in [-0.4, -0.2) is 19.0 Å². The highest BCUT2D eigenvalue weighted by Gasteiger charge is 2.11. The molecule has 3 nitrogen and oxygen atoms in total. The molecule has 1 atom stereocenters. The number of rotatable bonds is 8. The average Bonchev–Trinajstić information content (AvgIpc) is 2.22. The van der Waals surface area contributed by atoms with E-state index < -0.39 is 0 Å². The highest BCUT2D eigenvalue weighted by Crippen LogP contribution is 2.17. The Kier molecular flexibility index (Phi) is 8.23. The third-order valence-corrected chi connectivity index (χ3v) is 3.13. The van der Waals surface area contributed by atoms with Crippen molar-refractivity contribution < 1.29 is 4.79 Å². The first-order valence-electron chi connectivity index (χ1n) is 6.85. The molecule has 0 heterocycles. The van der Waals surface area contributed by atoms with E-state index >= 15 is 0 Å². The molecule has 102 valence electrons. The van der Waals surface area contributed by atoms with Crippen molar-refractivity contribution in [2.24, 2.45) is 17.1 Å². The molecule has 0 aromatic carbocycles. The lowest BCUT2D eigenvalue weighted by Gasteiger charge is -2.18. The largest absolute Gasteiger partial charge is 0.356 e. The summed E-state index contributed by atoms with van der Waals surface area (Å²) >= 11 is 0. The lowest BCUT2D eigenvalue weighted by molar-refractivity contribution is -0.121. The van der Waals surface area contributed by atoms with Crippen LogP contribution in [0.1, 0.15) is 59.8 Å². The van der Waals surface area contributed by atoms with Crippen LogP contribution >= 0.6 is 0 Å². The predicted molar refractivity (Wildman–Crippen MR) is 73.8 cm³/mol. The molecular formula is C14H30N2O. The summed E-state index contributed by atoms with van der Waals surface area (Å²) < 4.78 is 0. The van der Waals surface area contributed by atoms with Gasteiger partial charge in [-0.1, -0.05) is 34.1 Å². The van der Waals surface area contributed by atoms with Crippen LogP contribution in [0.5, 0.6) is 0 Å². The van der Waals surface area contributed by atoms with E-state index in [1.807, 2.05) is 0 Å². The summed E-state index contributed by atoms with van der Waals surface area (Å²) in [7, 11) is 0. The molecule has 17 heavy (non-hydrogen) atoms. The molecule has 0 saturated heterocycles. The Labute approximate surface area is 107 Å². The maximum Gasteiger partial charge on any atom is 0.220 e. The average molecular weight is 242 g/mol. The summed E-state index contributed by atoms with van der Waals surface area (Å²) in [6.07, 6.45) is 4.79. The molecule has 0 aromatic rings. The number of hydrogen-bond donors (Lipinski definition) is 2. The maximum absolute atomic E-state index is 11.6. The van der Waals surface area contributed by atoms with Gasteiger partial charge in [0.25, 0.3) is 0 Å². The number of nitrogens with two attached hydrogens (primary N) is 1. The van der Waals surface area contributed by atoms with Gasteiger partial charge in [0.05, 0.1) is 0 Å². The van der Waals surface area contributed by atoms with E-state index in [0.717, 1.165) is 38.8 Å². The third kappa shape index (κ3) is 10.3. The molecule has 0 bridgehead atoms. The zero-order valence-electron chi connectivity index (χ0n) is 12.0. The fourth-order valence-corrected chi connectivity index (χ4v) is 1.79. The van der Waals surface area contributed by atoms with Gasteiger partial charge in [-0.3, -0.25) is 4.79 Å². The lowest BCUT2D eigenvalue weighted by atomic mass is 9.92. The fourth-order valence-electron chi connectivity index (χ4n) is 1.79. The highest BCUT2D eigenvalue weighted by atomic mass is 16.1. The molecule has 0 rings (SSSR count). The first-order chi connectivity index (χ1) is 7.89. The quantitative estimate of drug-likeness (QED) is 0.687. The minimum absolute atomic E-state index is 0.185. The van der Waals surface area contributed by atoms with Crippen molar-refractivity contribution in [3.8, 4) is 0 Å². The Balaban J connectivity index is 3.65. The van der Waals surface area contributed by atoms with E-state index in [1.54, 1.807) is 0 Å². The molecule has 0 aromatic heterocycles. The van der Waals surface area contributed by atoms with Gasteiger partial charge in [-0.2, -0.15) is 0 Å². The van der Waals surface area contributed by atoms with E-state index in [2.05, 4.69) is 33.0 Å². The third-order valence-electron chi connectivity index (χ3n) is 3.13. The van der Waals surface area contributed by atoms with Gasteiger partial charge in [0.2, 0.25) is 5.91 Å². The molecule has 0 aliphatic rings. The molecule has 1 amide bonds. The molecule has 0 spiro atoms. The Morgan fingerprint density at radius 3 is 2.41 bits per heavy atom. The van der Waals surface area contributed by atoms with Crippen LogP contribution in [0.3, 0.4) is 0 Å². The van der Waals surface area contributed by atoms with Crippen molar-refractivity contribution in [3.05, 3.63) is 0 Å². The van der Waals surface area contributed by atoms with Crippen LogP contribution in [0.2, 0.25) is 0 Å². The summed E-state index contributed by atoms with van der Waals surface area (Å²) in [6, 6.07) is 0. The minimum Gasteiger partial charge on any atom is -0.356 e. The molecular weight excluding hydrogens is 212 g/mol. The summed E-state index contributed by atoms with van der Waals surface area (Å²) in [5, 5.41) is 2.99. The standard InChI is InChI=1S/C14H30N2O/c1-5-12(8-10-15)6-7-13(17)16-11-9-14(2,3)4/h12H,5-11,15H2,1-4H3,(H,16,17). The van der Waals surface area contributed by atoms with Crippen molar-refractivity contribution >= 4 is 5.91 Å². The summed E-state index contributed by atoms with van der Waals surface area (Å²) in [5.41, 5.74) is 5.83. The second-order valence-corrected chi connectivity index (χ2v) is 6.05. The van der Waals surface area contributed by atoms with Crippen molar-refractivity contribution in [1.29, 1.82) is 0 Å². The Hall–Kier alpha value is -0.570. The lowest BCUT2D eigenvalue weighted by Crippen LogP contribution is -2.27. The normalized spacial score (nSPS) is 13.5. The monoisotopic (exact) mass is 242 g/mol. The van der Waals surface area contributed by atoms with Gasteiger partial charge in [0.1, 0.15) is 0 Å². The molecule has 0 aliphatic carbocycles. The van der Waals surface area contributed by atoms with Crippen molar-refractivity contribution in [1.82, 2.24) is 5.32 Å². The fraction of sp³-hybridized carbons (Fsp3) is 0.929. The molecule has 3 heteroatoms. The van der Waals surface area contributed by atoms with Gasteiger partial charge in [0, 0.05) is 13.0 Å². The molecule has 0 aliphatic heterocycles. The van der Waals surface area contributed by atoms with Crippen LogP contribution in [0.4, 0.5) is 0 Å². The second kappa shape index (κ2) is 8.51. The van der Waals surface area contributed by atoms with Gasteiger partial charge < -0.3 is 11.1 Å². The van der Waals surface area contributed by atoms with Crippen molar-refractivity contribution in [2.45, 2.75) is 59.8 Å². The van der Waals surface area contributed by atoms with E-state index in [0.29, 0.717) is 17.8 Å². The van der Waals surface area contributed by atoms with Crippen LogP contribution < -0.4 is 11.1 Å². The summed E-state index contributed by atoms with van der Waals surface area (Å²) in [4.78, 5) is 11.6. The van der Waals surface area contributed by atoms with Gasteiger partial charge in [-0.05, 0) is 37.1 Å². The molecule has 0 radical (unpaired) electrons. The zero-order chi connectivity index (χ0) is 13.3. The van der Waals surface area contributed by atoms with Gasteiger partial charge in [-0.15, -0.1) is 0 Å². The van der Waals surface area contributed by atoms with E-state index in [1.165, 1.54) is 0 Å². The SMILES string of the molecule is CCC(CCN)CCC(=O)NCCC(C)(C)C. The maximum atomic E-state index is 11.6. The number of amides is 1. The topological polar surface area (TPSA) is 55.1 Å². The number of hydrogen-bond acceptors (Lipinski definition) is 2. The van der Waals surface area contributed by atoms with E-state index in [4.69, 9.17) is 5.73 Å². The van der Waals surface area contributed by atoms with Crippen LogP contribution in [0.15, 0.2) is 0 Å². The van der Waals surface area contributed by atoms with E-state index in [9.17, 15) is 4.79 Å². The second-order valence-electron chi connectivity index (χ2n) is 6.05. The predicted octanol–water partition coefficient (Wildman–Crippen LogP) is 2.69. The first kappa shape index (κ1) is 16.4.